The summed E-state index contributed by atoms with van der Waals surface area (Å²) in [6.07, 6.45) is 4.32. The summed E-state index contributed by atoms with van der Waals surface area (Å²) >= 11 is 9.82. The first kappa shape index (κ1) is 19.3. The van der Waals surface area contributed by atoms with Crippen molar-refractivity contribution in [3.63, 3.8) is 0 Å². The molecule has 6 heteroatoms. The van der Waals surface area contributed by atoms with Gasteiger partial charge in [-0.2, -0.15) is 5.26 Å². The van der Waals surface area contributed by atoms with E-state index in [1.54, 1.807) is 35.2 Å². The fraction of sp³-hybridized carbons (Fsp3) is 0.400. The first-order chi connectivity index (χ1) is 12.6. The molecular weight excluding hydrogens is 382 g/mol. The molecule has 2 aliphatic rings. The van der Waals surface area contributed by atoms with Crippen LogP contribution >= 0.6 is 34.7 Å². The van der Waals surface area contributed by atoms with Crippen LogP contribution in [0.1, 0.15) is 49.1 Å². The van der Waals surface area contributed by atoms with Crippen LogP contribution in [0.5, 0.6) is 0 Å². The number of benzene rings is 1. The lowest BCUT2D eigenvalue weighted by Crippen LogP contribution is -2.34. The maximum absolute atomic E-state index is 9.17. The van der Waals surface area contributed by atoms with Crippen molar-refractivity contribution in [2.24, 2.45) is 10.7 Å². The highest BCUT2D eigenvalue weighted by molar-refractivity contribution is 8.13. The maximum atomic E-state index is 9.17. The van der Waals surface area contributed by atoms with Crippen LogP contribution in [0.4, 0.5) is 0 Å². The number of nitrogens with zero attached hydrogens (tertiary/aromatic N) is 2. The molecule has 0 bridgehead atoms. The predicted octanol–water partition coefficient (Wildman–Crippen LogP) is 5.95. The normalized spacial score (nSPS) is 21.2. The smallest absolute Gasteiger partial charge is 0.154 e. The second-order valence-electron chi connectivity index (χ2n) is 6.19. The topological polar surface area (TPSA) is 62.2 Å². The highest BCUT2D eigenvalue weighted by Gasteiger charge is 2.39. The number of aliphatic imine (C=N–C) groups is 1. The second-order valence-corrected chi connectivity index (χ2v) is 8.85. The predicted molar refractivity (Wildman–Crippen MR) is 114 cm³/mol. The van der Waals surface area contributed by atoms with E-state index in [1.165, 1.54) is 10.4 Å². The van der Waals surface area contributed by atoms with Gasteiger partial charge >= 0.3 is 0 Å². The monoisotopic (exact) mass is 403 g/mol. The van der Waals surface area contributed by atoms with E-state index < -0.39 is 0 Å². The lowest BCUT2D eigenvalue weighted by molar-refractivity contribution is 0.368. The molecule has 1 aromatic carbocycles. The van der Waals surface area contributed by atoms with Crippen LogP contribution in [-0.4, -0.2) is 10.9 Å². The Labute approximate surface area is 168 Å². The number of fused-ring (bicyclic) bond motifs is 2. The molecule has 0 fully saturated rings. The van der Waals surface area contributed by atoms with Gasteiger partial charge in [-0.1, -0.05) is 37.2 Å². The largest absolute Gasteiger partial charge is 0.379 e. The number of halogens is 1. The SMILES string of the molecule is CC.N#Cc1ccc(Cl)c(-c2cc3c(s2)CCCC32CCSC(N)=N2)c1. The van der Waals surface area contributed by atoms with E-state index >= 15 is 0 Å². The van der Waals surface area contributed by atoms with Gasteiger partial charge in [0.25, 0.3) is 0 Å². The minimum Gasteiger partial charge on any atom is -0.379 e. The van der Waals surface area contributed by atoms with Gasteiger partial charge in [-0.25, -0.2) is 0 Å². The first-order valence-corrected chi connectivity index (χ1v) is 11.1. The van der Waals surface area contributed by atoms with Gasteiger partial charge in [0, 0.05) is 26.1 Å². The number of nitriles is 1. The van der Waals surface area contributed by atoms with Crippen molar-refractivity contribution < 1.29 is 0 Å². The number of hydrogen-bond donors (Lipinski definition) is 1. The minimum atomic E-state index is -0.156. The van der Waals surface area contributed by atoms with Gasteiger partial charge < -0.3 is 5.73 Å². The van der Waals surface area contributed by atoms with Gasteiger partial charge in [0.1, 0.15) is 0 Å². The Balaban J connectivity index is 0.000000948. The zero-order chi connectivity index (χ0) is 18.7. The zero-order valence-electron chi connectivity index (χ0n) is 15.0. The van der Waals surface area contributed by atoms with Crippen LogP contribution in [0.25, 0.3) is 10.4 Å². The third-order valence-corrected chi connectivity index (χ3v) is 7.11. The third-order valence-electron chi connectivity index (χ3n) is 4.76. The lowest BCUT2D eigenvalue weighted by atomic mass is 9.78. The van der Waals surface area contributed by atoms with Crippen LogP contribution in [0.2, 0.25) is 5.02 Å². The fourth-order valence-corrected chi connectivity index (χ4v) is 6.09. The molecule has 1 aromatic heterocycles. The van der Waals surface area contributed by atoms with Gasteiger partial charge in [0.05, 0.1) is 17.2 Å². The molecule has 1 aliphatic heterocycles. The first-order valence-electron chi connectivity index (χ1n) is 8.93. The summed E-state index contributed by atoms with van der Waals surface area (Å²) in [4.78, 5) is 7.36. The molecule has 3 nitrogen and oxygen atoms in total. The van der Waals surface area contributed by atoms with Crippen molar-refractivity contribution >= 4 is 39.9 Å². The molecular formula is C20H22ClN3S2. The number of nitrogens with two attached hydrogens (primary N) is 1. The van der Waals surface area contributed by atoms with Crippen molar-refractivity contribution in [1.29, 1.82) is 5.26 Å². The summed E-state index contributed by atoms with van der Waals surface area (Å²) < 4.78 is 0. The molecule has 0 saturated carbocycles. The Morgan fingerprint density at radius 2 is 2.08 bits per heavy atom. The van der Waals surface area contributed by atoms with Gasteiger partial charge in [-0.05, 0) is 55.5 Å². The van der Waals surface area contributed by atoms with E-state index in [2.05, 4.69) is 12.1 Å². The van der Waals surface area contributed by atoms with Crippen molar-refractivity contribution in [2.75, 3.05) is 5.75 Å². The van der Waals surface area contributed by atoms with E-state index in [0.29, 0.717) is 15.8 Å². The third kappa shape index (κ3) is 3.51. The van der Waals surface area contributed by atoms with Crippen LogP contribution in [0.15, 0.2) is 29.3 Å². The summed E-state index contributed by atoms with van der Waals surface area (Å²) in [5.74, 6) is 1.02. The van der Waals surface area contributed by atoms with E-state index in [4.69, 9.17) is 27.6 Å². The summed E-state index contributed by atoms with van der Waals surface area (Å²) in [5, 5.41) is 10.6. The Morgan fingerprint density at radius 3 is 2.81 bits per heavy atom. The molecule has 2 N–H and O–H groups in total. The number of thiophene rings is 1. The van der Waals surface area contributed by atoms with E-state index in [-0.39, 0.29) is 5.54 Å². The molecule has 1 aliphatic carbocycles. The highest BCUT2D eigenvalue weighted by Crippen LogP contribution is 2.49. The number of rotatable bonds is 1. The Morgan fingerprint density at radius 1 is 1.27 bits per heavy atom. The summed E-state index contributed by atoms with van der Waals surface area (Å²) in [5.41, 5.74) is 8.76. The Kier molecular flexibility index (Phi) is 5.96. The fourth-order valence-electron chi connectivity index (χ4n) is 3.60. The van der Waals surface area contributed by atoms with E-state index in [9.17, 15) is 0 Å². The molecule has 2 heterocycles. The second kappa shape index (κ2) is 8.04. The standard InChI is InChI=1S/C18H16ClN3S2.C2H6/c19-14-4-3-11(10-20)8-12(14)16-9-13-15(24-16)2-1-5-18(13)6-7-23-17(21)22-18;1-2/h3-4,8-9H,1-2,5-7H2,(H2,21,22);1-2H3. The molecule has 0 saturated heterocycles. The summed E-state index contributed by atoms with van der Waals surface area (Å²) in [6, 6.07) is 9.86. The number of hydrogen-bond acceptors (Lipinski definition) is 5. The average Bonchev–Trinajstić information content (AvgIpc) is 3.10. The molecule has 4 rings (SSSR count). The van der Waals surface area contributed by atoms with Gasteiger partial charge in [-0.3, -0.25) is 4.99 Å². The van der Waals surface area contributed by atoms with Gasteiger partial charge in [0.2, 0.25) is 0 Å². The van der Waals surface area contributed by atoms with E-state index in [0.717, 1.165) is 41.9 Å². The van der Waals surface area contributed by atoms with Crippen LogP contribution in [0.3, 0.4) is 0 Å². The molecule has 1 spiro atoms. The molecule has 2 aromatic rings. The molecule has 0 amide bonds. The number of amidine groups is 1. The molecule has 136 valence electrons. The molecule has 0 radical (unpaired) electrons. The quantitative estimate of drug-likeness (QED) is 0.639. The van der Waals surface area contributed by atoms with Gasteiger partial charge in [-0.15, -0.1) is 11.3 Å². The summed E-state index contributed by atoms with van der Waals surface area (Å²) in [6.45, 7) is 4.00. The van der Waals surface area contributed by atoms with Crippen LogP contribution < -0.4 is 5.73 Å². The number of thioether (sulfide) groups is 1. The van der Waals surface area contributed by atoms with Crippen molar-refractivity contribution in [2.45, 2.75) is 45.1 Å². The summed E-state index contributed by atoms with van der Waals surface area (Å²) in [7, 11) is 0. The zero-order valence-corrected chi connectivity index (χ0v) is 17.4. The maximum Gasteiger partial charge on any atom is 0.154 e. The highest BCUT2D eigenvalue weighted by atomic mass is 35.5. The molecule has 1 atom stereocenters. The lowest BCUT2D eigenvalue weighted by Gasteiger charge is -2.36. The average molecular weight is 404 g/mol. The van der Waals surface area contributed by atoms with Crippen LogP contribution in [-0.2, 0) is 12.0 Å². The number of aryl methyl sites for hydroxylation is 1. The van der Waals surface area contributed by atoms with Gasteiger partial charge in [0.15, 0.2) is 5.17 Å². The van der Waals surface area contributed by atoms with E-state index in [1.807, 2.05) is 19.9 Å². The van der Waals surface area contributed by atoms with Crippen LogP contribution in [0, 0.1) is 11.3 Å². The Bertz CT molecular complexity index is 882. The van der Waals surface area contributed by atoms with Crippen molar-refractivity contribution in [3.05, 3.63) is 45.3 Å². The minimum absolute atomic E-state index is 0.156. The Hall–Kier alpha value is -1.48. The molecule has 26 heavy (non-hydrogen) atoms. The van der Waals surface area contributed by atoms with Crippen molar-refractivity contribution in [3.8, 4) is 16.5 Å². The van der Waals surface area contributed by atoms with Crippen molar-refractivity contribution in [1.82, 2.24) is 0 Å². The molecule has 1 unspecified atom stereocenters.